The third-order valence-corrected chi connectivity index (χ3v) is 4.74. The van der Waals surface area contributed by atoms with Gasteiger partial charge in [0.15, 0.2) is 0 Å². The molecule has 1 amide bonds. The Labute approximate surface area is 118 Å². The number of anilines is 1. The smallest absolute Gasteiger partial charge is 0.259 e. The highest BCUT2D eigenvalue weighted by Crippen LogP contribution is 2.34. The maximum atomic E-state index is 12.5. The predicted molar refractivity (Wildman–Crippen MR) is 78.4 cm³/mol. The number of para-hydroxylation sites is 1. The fraction of sp³-hybridized carbons (Fsp3) is 0.214. The molecule has 0 aliphatic carbocycles. The molecule has 92 valence electrons. The maximum Gasteiger partial charge on any atom is 0.259 e. The van der Waals surface area contributed by atoms with Gasteiger partial charge in [-0.1, -0.05) is 18.2 Å². The first-order valence-corrected chi connectivity index (χ1v) is 7.49. The monoisotopic (exact) mass is 321 g/mol. The van der Waals surface area contributed by atoms with E-state index in [0.29, 0.717) is 0 Å². The van der Waals surface area contributed by atoms with Crippen molar-refractivity contribution in [3.05, 3.63) is 50.6 Å². The summed E-state index contributed by atoms with van der Waals surface area (Å²) in [5.41, 5.74) is 3.07. The average Bonchev–Trinajstić information content (AvgIpc) is 2.91. The van der Waals surface area contributed by atoms with Crippen LogP contribution in [0, 0.1) is 0 Å². The Bertz CT molecular complexity index is 607. The van der Waals surface area contributed by atoms with Gasteiger partial charge < -0.3 is 4.90 Å². The number of hydrogen-bond acceptors (Lipinski definition) is 2. The van der Waals surface area contributed by atoms with Gasteiger partial charge in [0.2, 0.25) is 0 Å². The Morgan fingerprint density at radius 1 is 1.44 bits per heavy atom. The Kier molecular flexibility index (Phi) is 2.99. The van der Waals surface area contributed by atoms with Gasteiger partial charge in [-0.25, -0.2) is 0 Å². The van der Waals surface area contributed by atoms with Gasteiger partial charge in [0.25, 0.3) is 5.91 Å². The van der Waals surface area contributed by atoms with E-state index in [-0.39, 0.29) is 11.9 Å². The summed E-state index contributed by atoms with van der Waals surface area (Å²) in [5, 5.41) is 1.90. The highest BCUT2D eigenvalue weighted by molar-refractivity contribution is 9.11. The van der Waals surface area contributed by atoms with Crippen molar-refractivity contribution < 1.29 is 4.79 Å². The van der Waals surface area contributed by atoms with E-state index < -0.39 is 0 Å². The summed E-state index contributed by atoms with van der Waals surface area (Å²) in [6.07, 6.45) is 0.938. The fourth-order valence-corrected chi connectivity index (χ4v) is 3.57. The highest BCUT2D eigenvalue weighted by Gasteiger charge is 2.31. The summed E-state index contributed by atoms with van der Waals surface area (Å²) in [4.78, 5) is 14.5. The molecule has 1 atom stereocenters. The first kappa shape index (κ1) is 11.9. The summed E-state index contributed by atoms with van der Waals surface area (Å²) in [5.74, 6) is 0.0920. The van der Waals surface area contributed by atoms with Gasteiger partial charge in [-0.3, -0.25) is 4.79 Å². The Balaban J connectivity index is 2.00. The summed E-state index contributed by atoms with van der Waals surface area (Å²) >= 11 is 4.95. The van der Waals surface area contributed by atoms with Crippen LogP contribution in [-0.2, 0) is 6.42 Å². The molecular weight excluding hydrogens is 310 g/mol. The molecule has 18 heavy (non-hydrogen) atoms. The third-order valence-electron chi connectivity index (χ3n) is 3.24. The molecule has 0 spiro atoms. The number of amides is 1. The van der Waals surface area contributed by atoms with Gasteiger partial charge in [0, 0.05) is 17.1 Å². The van der Waals surface area contributed by atoms with Crippen molar-refractivity contribution in [2.75, 3.05) is 4.90 Å². The third kappa shape index (κ3) is 1.89. The number of halogens is 1. The number of carbonyl (C=O) groups is 1. The summed E-state index contributed by atoms with van der Waals surface area (Å²) < 4.78 is 0.992. The van der Waals surface area contributed by atoms with Crippen molar-refractivity contribution in [3.8, 4) is 0 Å². The normalized spacial score (nSPS) is 17.9. The standard InChI is InChI=1S/C14H12BrNOS/c1-9-6-10-4-2-3-5-12(10)16(9)14(17)11-7-13(15)18-8-11/h2-5,7-9H,6H2,1H3. The molecule has 0 fully saturated rings. The zero-order valence-corrected chi connectivity index (χ0v) is 12.3. The van der Waals surface area contributed by atoms with Crippen LogP contribution in [0.5, 0.6) is 0 Å². The van der Waals surface area contributed by atoms with Crippen LogP contribution in [0.2, 0.25) is 0 Å². The molecule has 1 aromatic carbocycles. The Morgan fingerprint density at radius 2 is 2.22 bits per heavy atom. The largest absolute Gasteiger partial charge is 0.305 e. The Hall–Kier alpha value is -1.13. The van der Waals surface area contributed by atoms with Crippen LogP contribution in [0.1, 0.15) is 22.8 Å². The van der Waals surface area contributed by atoms with Gasteiger partial charge in [-0.2, -0.15) is 0 Å². The topological polar surface area (TPSA) is 20.3 Å². The van der Waals surface area contributed by atoms with Gasteiger partial charge >= 0.3 is 0 Å². The SMILES string of the molecule is CC1Cc2ccccc2N1C(=O)c1csc(Br)c1. The van der Waals surface area contributed by atoms with Crippen LogP contribution < -0.4 is 4.90 Å². The minimum atomic E-state index is 0.0920. The van der Waals surface area contributed by atoms with E-state index in [9.17, 15) is 4.79 Å². The number of fused-ring (bicyclic) bond motifs is 1. The average molecular weight is 322 g/mol. The van der Waals surface area contributed by atoms with E-state index in [4.69, 9.17) is 0 Å². The zero-order chi connectivity index (χ0) is 12.7. The van der Waals surface area contributed by atoms with Crippen molar-refractivity contribution in [2.45, 2.75) is 19.4 Å². The summed E-state index contributed by atoms with van der Waals surface area (Å²) in [7, 11) is 0. The first-order valence-electron chi connectivity index (χ1n) is 5.82. The minimum absolute atomic E-state index is 0.0920. The molecule has 2 aromatic rings. The van der Waals surface area contributed by atoms with Gasteiger partial charge in [0.05, 0.1) is 9.35 Å². The van der Waals surface area contributed by atoms with E-state index >= 15 is 0 Å². The molecule has 1 aromatic heterocycles. The molecule has 1 aliphatic heterocycles. The molecule has 3 rings (SSSR count). The van der Waals surface area contributed by atoms with Crippen molar-refractivity contribution in [2.24, 2.45) is 0 Å². The molecule has 1 aliphatic rings. The van der Waals surface area contributed by atoms with E-state index in [1.165, 1.54) is 5.56 Å². The van der Waals surface area contributed by atoms with Gasteiger partial charge in [-0.05, 0) is 47.0 Å². The van der Waals surface area contributed by atoms with Crippen LogP contribution in [-0.4, -0.2) is 11.9 Å². The zero-order valence-electron chi connectivity index (χ0n) is 9.89. The van der Waals surface area contributed by atoms with Crippen molar-refractivity contribution in [3.63, 3.8) is 0 Å². The van der Waals surface area contributed by atoms with E-state index in [1.54, 1.807) is 11.3 Å². The molecule has 1 unspecified atom stereocenters. The summed E-state index contributed by atoms with van der Waals surface area (Å²) in [6.45, 7) is 2.10. The second-order valence-corrected chi connectivity index (χ2v) is 6.79. The van der Waals surface area contributed by atoms with Crippen LogP contribution in [0.4, 0.5) is 5.69 Å². The highest BCUT2D eigenvalue weighted by atomic mass is 79.9. The van der Waals surface area contributed by atoms with E-state index in [1.807, 2.05) is 34.5 Å². The Morgan fingerprint density at radius 3 is 2.94 bits per heavy atom. The molecule has 0 saturated heterocycles. The number of carbonyl (C=O) groups excluding carboxylic acids is 1. The number of thiophene rings is 1. The predicted octanol–water partition coefficient (Wildman–Crippen LogP) is 4.10. The lowest BCUT2D eigenvalue weighted by molar-refractivity contribution is 0.0982. The fourth-order valence-electron chi connectivity index (χ4n) is 2.44. The molecule has 0 N–H and O–H groups in total. The number of benzene rings is 1. The molecule has 0 saturated carbocycles. The lowest BCUT2D eigenvalue weighted by Gasteiger charge is -2.22. The lowest BCUT2D eigenvalue weighted by Crippen LogP contribution is -2.35. The number of hydrogen-bond donors (Lipinski definition) is 0. The molecule has 0 radical (unpaired) electrons. The van der Waals surface area contributed by atoms with Crippen molar-refractivity contribution >= 4 is 38.9 Å². The van der Waals surface area contributed by atoms with E-state index in [2.05, 4.69) is 28.9 Å². The maximum absolute atomic E-state index is 12.5. The quantitative estimate of drug-likeness (QED) is 0.774. The second kappa shape index (κ2) is 4.52. The lowest BCUT2D eigenvalue weighted by atomic mass is 10.1. The minimum Gasteiger partial charge on any atom is -0.305 e. The van der Waals surface area contributed by atoms with E-state index in [0.717, 1.165) is 21.5 Å². The summed E-state index contributed by atoms with van der Waals surface area (Å²) in [6, 6.07) is 10.3. The second-order valence-electron chi connectivity index (χ2n) is 4.50. The van der Waals surface area contributed by atoms with Crippen molar-refractivity contribution in [1.82, 2.24) is 0 Å². The number of nitrogens with zero attached hydrogens (tertiary/aromatic N) is 1. The van der Waals surface area contributed by atoms with Crippen LogP contribution in [0.25, 0.3) is 0 Å². The molecular formula is C14H12BrNOS. The van der Waals surface area contributed by atoms with Gasteiger partial charge in [0.1, 0.15) is 0 Å². The van der Waals surface area contributed by atoms with Crippen LogP contribution in [0.15, 0.2) is 39.5 Å². The molecule has 2 heterocycles. The molecule has 4 heteroatoms. The first-order chi connectivity index (χ1) is 8.66. The van der Waals surface area contributed by atoms with Crippen LogP contribution in [0.3, 0.4) is 0 Å². The molecule has 2 nitrogen and oxygen atoms in total. The van der Waals surface area contributed by atoms with Crippen molar-refractivity contribution in [1.29, 1.82) is 0 Å². The number of rotatable bonds is 1. The van der Waals surface area contributed by atoms with Gasteiger partial charge in [-0.15, -0.1) is 11.3 Å². The van der Waals surface area contributed by atoms with Crippen LogP contribution >= 0.6 is 27.3 Å². The molecule has 0 bridgehead atoms.